The average Bonchev–Trinajstić information content (AvgIpc) is 2.42. The number of hydrogen-bond donors (Lipinski definition) is 1. The number of ether oxygens (including phenoxy) is 1. The first-order valence-electron chi connectivity index (χ1n) is 7.19. The number of aryl methyl sites for hydroxylation is 1. The van der Waals surface area contributed by atoms with E-state index in [1.807, 2.05) is 0 Å². The first-order valence-corrected chi connectivity index (χ1v) is 7.19. The van der Waals surface area contributed by atoms with Gasteiger partial charge in [-0.2, -0.15) is 5.10 Å². The van der Waals surface area contributed by atoms with E-state index in [0.29, 0.717) is 12.6 Å². The Kier molecular flexibility index (Phi) is 5.14. The van der Waals surface area contributed by atoms with Crippen molar-refractivity contribution in [2.45, 2.75) is 32.4 Å². The maximum absolute atomic E-state index is 11.6. The number of nitrogens with one attached hydrogen (secondary N) is 1. The normalized spacial score (nSPS) is 19.6. The molecule has 0 saturated carbocycles. The molecule has 6 nitrogen and oxygen atoms in total. The molecule has 6 heteroatoms. The Morgan fingerprint density at radius 3 is 3.05 bits per heavy atom. The third-order valence-corrected chi connectivity index (χ3v) is 3.48. The lowest BCUT2D eigenvalue weighted by molar-refractivity contribution is 0.0352. The summed E-state index contributed by atoms with van der Waals surface area (Å²) >= 11 is 0. The molecule has 1 N–H and O–H groups in total. The molecule has 112 valence electrons. The number of nitrogens with zero attached hydrogens (tertiary/aromatic N) is 3. The van der Waals surface area contributed by atoms with Crippen molar-refractivity contribution in [1.82, 2.24) is 15.1 Å². The van der Waals surface area contributed by atoms with Crippen LogP contribution in [0.15, 0.2) is 17.1 Å². The van der Waals surface area contributed by atoms with E-state index in [2.05, 4.69) is 29.2 Å². The Balaban J connectivity index is 1.92. The van der Waals surface area contributed by atoms with Crippen molar-refractivity contribution >= 4 is 5.69 Å². The van der Waals surface area contributed by atoms with Crippen LogP contribution in [0.5, 0.6) is 0 Å². The molecular formula is C14H24N4O2. The number of rotatable bonds is 5. The van der Waals surface area contributed by atoms with Gasteiger partial charge in [-0.25, -0.2) is 4.68 Å². The van der Waals surface area contributed by atoms with Gasteiger partial charge in [0.05, 0.1) is 24.6 Å². The van der Waals surface area contributed by atoms with E-state index in [0.717, 1.165) is 31.7 Å². The maximum atomic E-state index is 11.6. The van der Waals surface area contributed by atoms with Gasteiger partial charge < -0.3 is 15.0 Å². The van der Waals surface area contributed by atoms with Crippen LogP contribution in [0.2, 0.25) is 0 Å². The number of anilines is 1. The fraction of sp³-hybridized carbons (Fsp3) is 0.714. The van der Waals surface area contributed by atoms with Crippen molar-refractivity contribution in [2.24, 2.45) is 7.05 Å². The summed E-state index contributed by atoms with van der Waals surface area (Å²) in [4.78, 5) is 13.8. The summed E-state index contributed by atoms with van der Waals surface area (Å²) in [5.41, 5.74) is 0.810. The van der Waals surface area contributed by atoms with E-state index < -0.39 is 0 Å². The highest BCUT2D eigenvalue weighted by Crippen LogP contribution is 2.16. The first kappa shape index (κ1) is 15.0. The molecule has 0 bridgehead atoms. The van der Waals surface area contributed by atoms with Gasteiger partial charge >= 0.3 is 0 Å². The molecular weight excluding hydrogens is 256 g/mol. The summed E-state index contributed by atoms with van der Waals surface area (Å²) in [5, 5.41) is 7.47. The monoisotopic (exact) mass is 280 g/mol. The second-order valence-electron chi connectivity index (χ2n) is 5.51. The lowest BCUT2D eigenvalue weighted by atomic mass is 10.2. The summed E-state index contributed by atoms with van der Waals surface area (Å²) in [5.74, 6) is 0. The molecule has 2 heterocycles. The van der Waals surface area contributed by atoms with Crippen molar-refractivity contribution < 1.29 is 4.74 Å². The van der Waals surface area contributed by atoms with E-state index in [9.17, 15) is 4.79 Å². The largest absolute Gasteiger partial charge is 0.374 e. The minimum atomic E-state index is -0.0768. The Labute approximate surface area is 119 Å². The van der Waals surface area contributed by atoms with E-state index in [1.54, 1.807) is 19.3 Å². The van der Waals surface area contributed by atoms with Gasteiger partial charge in [-0.1, -0.05) is 13.8 Å². The van der Waals surface area contributed by atoms with Crippen LogP contribution in [0, 0.1) is 0 Å². The number of morpholine rings is 1. The maximum Gasteiger partial charge on any atom is 0.268 e. The zero-order valence-electron chi connectivity index (χ0n) is 12.5. The van der Waals surface area contributed by atoms with Crippen molar-refractivity contribution in [1.29, 1.82) is 0 Å². The molecule has 1 aromatic heterocycles. The summed E-state index contributed by atoms with van der Waals surface area (Å²) in [7, 11) is 1.66. The van der Waals surface area contributed by atoms with Crippen molar-refractivity contribution in [2.75, 3.05) is 31.1 Å². The Bertz CT molecular complexity index is 486. The molecule has 1 aliphatic rings. The molecule has 1 aromatic rings. The Morgan fingerprint density at radius 1 is 1.55 bits per heavy atom. The highest BCUT2D eigenvalue weighted by Gasteiger charge is 2.21. The highest BCUT2D eigenvalue weighted by molar-refractivity contribution is 5.43. The predicted molar refractivity (Wildman–Crippen MR) is 79.2 cm³/mol. The van der Waals surface area contributed by atoms with Crippen LogP contribution >= 0.6 is 0 Å². The van der Waals surface area contributed by atoms with Gasteiger partial charge in [0.15, 0.2) is 0 Å². The quantitative estimate of drug-likeness (QED) is 0.844. The molecule has 1 saturated heterocycles. The molecule has 1 atom stereocenters. The van der Waals surface area contributed by atoms with Gasteiger partial charge in [-0.05, 0) is 13.0 Å². The standard InChI is InChI=1S/C14H24N4O2/c1-11(2)15-5-4-13-10-18(6-7-20-13)12-8-14(19)17(3)16-9-12/h8-9,11,13,15H,4-7,10H2,1-3H3. The highest BCUT2D eigenvalue weighted by atomic mass is 16.5. The van der Waals surface area contributed by atoms with E-state index in [4.69, 9.17) is 4.74 Å². The van der Waals surface area contributed by atoms with Gasteiger partial charge in [0, 0.05) is 32.2 Å². The second kappa shape index (κ2) is 6.85. The molecule has 0 aromatic carbocycles. The van der Waals surface area contributed by atoms with Crippen LogP contribution in [-0.4, -0.2) is 48.2 Å². The predicted octanol–water partition coefficient (Wildman–Crippen LogP) is 0.374. The third-order valence-electron chi connectivity index (χ3n) is 3.48. The van der Waals surface area contributed by atoms with Crippen LogP contribution in [0.25, 0.3) is 0 Å². The number of aromatic nitrogens is 2. The van der Waals surface area contributed by atoms with Crippen molar-refractivity contribution in [3.63, 3.8) is 0 Å². The van der Waals surface area contributed by atoms with E-state index in [1.165, 1.54) is 4.68 Å². The first-order chi connectivity index (χ1) is 9.56. The zero-order valence-corrected chi connectivity index (χ0v) is 12.5. The molecule has 2 rings (SSSR count). The fourth-order valence-electron chi connectivity index (χ4n) is 2.29. The molecule has 0 amide bonds. The topological polar surface area (TPSA) is 59.4 Å². The molecule has 0 radical (unpaired) electrons. The molecule has 0 aliphatic carbocycles. The van der Waals surface area contributed by atoms with Crippen LogP contribution in [0.3, 0.4) is 0 Å². The average molecular weight is 280 g/mol. The smallest absolute Gasteiger partial charge is 0.268 e. The summed E-state index contributed by atoms with van der Waals surface area (Å²) in [6.07, 6.45) is 2.93. The van der Waals surface area contributed by atoms with E-state index >= 15 is 0 Å². The molecule has 0 spiro atoms. The lowest BCUT2D eigenvalue weighted by Crippen LogP contribution is -2.44. The van der Waals surface area contributed by atoms with Crippen LogP contribution in [-0.2, 0) is 11.8 Å². The van der Waals surface area contributed by atoms with Gasteiger partial charge in [-0.15, -0.1) is 0 Å². The minimum Gasteiger partial charge on any atom is -0.374 e. The van der Waals surface area contributed by atoms with Gasteiger partial charge in [0.25, 0.3) is 5.56 Å². The minimum absolute atomic E-state index is 0.0768. The van der Waals surface area contributed by atoms with Crippen LogP contribution < -0.4 is 15.8 Å². The zero-order chi connectivity index (χ0) is 14.5. The van der Waals surface area contributed by atoms with Crippen molar-refractivity contribution in [3.8, 4) is 0 Å². The molecule has 1 aliphatic heterocycles. The lowest BCUT2D eigenvalue weighted by Gasteiger charge is -2.34. The molecule has 1 fully saturated rings. The Hall–Kier alpha value is -1.40. The Morgan fingerprint density at radius 2 is 2.35 bits per heavy atom. The summed E-state index contributed by atoms with van der Waals surface area (Å²) in [6, 6.07) is 2.14. The second-order valence-corrected chi connectivity index (χ2v) is 5.51. The summed E-state index contributed by atoms with van der Waals surface area (Å²) < 4.78 is 7.12. The fourth-order valence-corrected chi connectivity index (χ4v) is 2.29. The van der Waals surface area contributed by atoms with Gasteiger partial charge in [0.2, 0.25) is 0 Å². The number of hydrogen-bond acceptors (Lipinski definition) is 5. The SMILES string of the molecule is CC(C)NCCC1CN(c2cnn(C)c(=O)c2)CCO1. The van der Waals surface area contributed by atoms with Crippen molar-refractivity contribution in [3.05, 3.63) is 22.6 Å². The van der Waals surface area contributed by atoms with Gasteiger partial charge in [0.1, 0.15) is 0 Å². The third kappa shape index (κ3) is 4.05. The van der Waals surface area contributed by atoms with E-state index in [-0.39, 0.29) is 11.7 Å². The molecule has 1 unspecified atom stereocenters. The van der Waals surface area contributed by atoms with Crippen LogP contribution in [0.1, 0.15) is 20.3 Å². The van der Waals surface area contributed by atoms with Gasteiger partial charge in [-0.3, -0.25) is 4.79 Å². The van der Waals surface area contributed by atoms with Crippen LogP contribution in [0.4, 0.5) is 5.69 Å². The summed E-state index contributed by atoms with van der Waals surface area (Å²) in [6.45, 7) is 7.54. The molecule has 20 heavy (non-hydrogen) atoms.